The summed E-state index contributed by atoms with van der Waals surface area (Å²) in [6.07, 6.45) is 4.51. The first kappa shape index (κ1) is 15.9. The molecule has 1 saturated heterocycles. The lowest BCUT2D eigenvalue weighted by atomic mass is 9.91. The highest BCUT2D eigenvalue weighted by molar-refractivity contribution is 4.81. The SMILES string of the molecule is CCC(O)(CC)CCCC1OC[C@](C)(CCO)O1. The van der Waals surface area contributed by atoms with Crippen molar-refractivity contribution in [3.05, 3.63) is 0 Å². The second-order valence-corrected chi connectivity index (χ2v) is 5.61. The second-order valence-electron chi connectivity index (χ2n) is 5.61. The minimum Gasteiger partial charge on any atom is -0.396 e. The van der Waals surface area contributed by atoms with Crippen molar-refractivity contribution in [2.24, 2.45) is 0 Å². The van der Waals surface area contributed by atoms with Crippen LogP contribution in [0.1, 0.15) is 59.3 Å². The third kappa shape index (κ3) is 4.50. The minimum absolute atomic E-state index is 0.123. The molecular weight excluding hydrogens is 232 g/mol. The van der Waals surface area contributed by atoms with Crippen molar-refractivity contribution >= 4 is 0 Å². The zero-order valence-corrected chi connectivity index (χ0v) is 11.9. The van der Waals surface area contributed by atoms with E-state index in [0.717, 1.165) is 32.1 Å². The standard InChI is InChI=1S/C14H28O4/c1-4-14(16,5-2)8-6-7-12-17-11-13(3,18-12)9-10-15/h12,15-16H,4-11H2,1-3H3/t12?,13-/m0/s1. The van der Waals surface area contributed by atoms with Crippen LogP contribution >= 0.6 is 0 Å². The Balaban J connectivity index is 2.26. The molecule has 0 bridgehead atoms. The van der Waals surface area contributed by atoms with Crippen LogP contribution in [0.25, 0.3) is 0 Å². The number of rotatable bonds is 8. The summed E-state index contributed by atoms with van der Waals surface area (Å²) < 4.78 is 11.4. The predicted octanol–water partition coefficient (Wildman–Crippen LogP) is 2.22. The molecule has 18 heavy (non-hydrogen) atoms. The summed E-state index contributed by atoms with van der Waals surface area (Å²) in [6.45, 7) is 6.68. The first-order valence-corrected chi connectivity index (χ1v) is 7.09. The van der Waals surface area contributed by atoms with Crippen molar-refractivity contribution in [3.63, 3.8) is 0 Å². The highest BCUT2D eigenvalue weighted by Gasteiger charge is 2.36. The van der Waals surface area contributed by atoms with Gasteiger partial charge in [-0.1, -0.05) is 13.8 Å². The maximum Gasteiger partial charge on any atom is 0.158 e. The summed E-state index contributed by atoms with van der Waals surface area (Å²) in [7, 11) is 0. The summed E-state index contributed by atoms with van der Waals surface area (Å²) in [5, 5.41) is 19.1. The van der Waals surface area contributed by atoms with Crippen LogP contribution in [0.2, 0.25) is 0 Å². The highest BCUT2D eigenvalue weighted by Crippen LogP contribution is 2.30. The molecule has 108 valence electrons. The van der Waals surface area contributed by atoms with Gasteiger partial charge in [-0.2, -0.15) is 0 Å². The van der Waals surface area contributed by atoms with Gasteiger partial charge >= 0.3 is 0 Å². The van der Waals surface area contributed by atoms with E-state index in [1.807, 2.05) is 20.8 Å². The molecular formula is C14H28O4. The van der Waals surface area contributed by atoms with Crippen LogP contribution in [-0.4, -0.2) is 40.9 Å². The lowest BCUT2D eigenvalue weighted by Gasteiger charge is -2.26. The van der Waals surface area contributed by atoms with Crippen molar-refractivity contribution in [2.75, 3.05) is 13.2 Å². The second kappa shape index (κ2) is 6.85. The summed E-state index contributed by atoms with van der Waals surface area (Å²) in [5.41, 5.74) is -0.877. The monoisotopic (exact) mass is 260 g/mol. The first-order valence-electron chi connectivity index (χ1n) is 7.09. The Bertz CT molecular complexity index is 240. The maximum atomic E-state index is 10.2. The molecule has 0 saturated carbocycles. The van der Waals surface area contributed by atoms with Crippen molar-refractivity contribution in [1.82, 2.24) is 0 Å². The van der Waals surface area contributed by atoms with E-state index in [-0.39, 0.29) is 18.5 Å². The lowest BCUT2D eigenvalue weighted by Crippen LogP contribution is -2.29. The summed E-state index contributed by atoms with van der Waals surface area (Å²) in [5.74, 6) is 0. The fourth-order valence-electron chi connectivity index (χ4n) is 2.37. The van der Waals surface area contributed by atoms with Gasteiger partial charge in [0.25, 0.3) is 0 Å². The van der Waals surface area contributed by atoms with Gasteiger partial charge in [0.1, 0.15) is 0 Å². The fourth-order valence-corrected chi connectivity index (χ4v) is 2.37. The number of hydrogen-bond donors (Lipinski definition) is 2. The van der Waals surface area contributed by atoms with Crippen molar-refractivity contribution in [3.8, 4) is 0 Å². The average molecular weight is 260 g/mol. The Labute approximate surface area is 110 Å². The molecule has 2 N–H and O–H groups in total. The molecule has 4 heteroatoms. The van der Waals surface area contributed by atoms with Gasteiger partial charge in [0.05, 0.1) is 17.8 Å². The molecule has 0 amide bonds. The van der Waals surface area contributed by atoms with Gasteiger partial charge in [-0.15, -0.1) is 0 Å². The van der Waals surface area contributed by atoms with Gasteiger partial charge in [0.15, 0.2) is 6.29 Å². The van der Waals surface area contributed by atoms with Gasteiger partial charge in [0, 0.05) is 13.0 Å². The summed E-state index contributed by atoms with van der Waals surface area (Å²) in [4.78, 5) is 0. The number of aliphatic hydroxyl groups excluding tert-OH is 1. The van der Waals surface area contributed by atoms with Crippen LogP contribution in [0.15, 0.2) is 0 Å². The van der Waals surface area contributed by atoms with Crippen LogP contribution in [0, 0.1) is 0 Å². The maximum absolute atomic E-state index is 10.2. The van der Waals surface area contributed by atoms with Crippen LogP contribution in [-0.2, 0) is 9.47 Å². The molecule has 1 rings (SSSR count). The molecule has 0 aromatic heterocycles. The largest absolute Gasteiger partial charge is 0.396 e. The van der Waals surface area contributed by atoms with Gasteiger partial charge < -0.3 is 19.7 Å². The van der Waals surface area contributed by atoms with E-state index >= 15 is 0 Å². The van der Waals surface area contributed by atoms with Gasteiger partial charge in [-0.25, -0.2) is 0 Å². The van der Waals surface area contributed by atoms with E-state index < -0.39 is 5.60 Å². The molecule has 1 aliphatic heterocycles. The van der Waals surface area contributed by atoms with Gasteiger partial charge in [-0.3, -0.25) is 0 Å². The Morgan fingerprint density at radius 2 is 2.00 bits per heavy atom. The Hall–Kier alpha value is -0.160. The van der Waals surface area contributed by atoms with E-state index in [1.54, 1.807) is 0 Å². The van der Waals surface area contributed by atoms with E-state index in [1.165, 1.54) is 0 Å². The van der Waals surface area contributed by atoms with Crippen LogP contribution in [0.4, 0.5) is 0 Å². The molecule has 1 fully saturated rings. The van der Waals surface area contributed by atoms with Crippen LogP contribution in [0.3, 0.4) is 0 Å². The van der Waals surface area contributed by atoms with E-state index in [2.05, 4.69) is 0 Å². The van der Waals surface area contributed by atoms with Crippen molar-refractivity contribution in [2.45, 2.75) is 76.8 Å². The molecule has 1 heterocycles. The number of ether oxygens (including phenoxy) is 2. The minimum atomic E-state index is -0.535. The molecule has 0 aromatic rings. The topological polar surface area (TPSA) is 58.9 Å². The zero-order valence-electron chi connectivity index (χ0n) is 11.9. The highest BCUT2D eigenvalue weighted by atomic mass is 16.7. The lowest BCUT2D eigenvalue weighted by molar-refractivity contribution is -0.0956. The molecule has 0 radical (unpaired) electrons. The Morgan fingerprint density at radius 1 is 1.33 bits per heavy atom. The molecule has 0 aliphatic carbocycles. The molecule has 4 nitrogen and oxygen atoms in total. The predicted molar refractivity (Wildman–Crippen MR) is 70.3 cm³/mol. The summed E-state index contributed by atoms with van der Waals surface area (Å²) >= 11 is 0. The van der Waals surface area contributed by atoms with E-state index in [0.29, 0.717) is 13.0 Å². The van der Waals surface area contributed by atoms with E-state index in [9.17, 15) is 5.11 Å². The van der Waals surface area contributed by atoms with Gasteiger partial charge in [0.2, 0.25) is 0 Å². The third-order valence-corrected chi connectivity index (χ3v) is 4.03. The Morgan fingerprint density at radius 3 is 2.56 bits per heavy atom. The number of aliphatic hydroxyl groups is 2. The molecule has 1 aliphatic rings. The molecule has 2 atom stereocenters. The van der Waals surface area contributed by atoms with Gasteiger partial charge in [-0.05, 0) is 39.0 Å². The van der Waals surface area contributed by atoms with Crippen LogP contribution in [0.5, 0.6) is 0 Å². The third-order valence-electron chi connectivity index (χ3n) is 4.03. The van der Waals surface area contributed by atoms with Crippen LogP contribution < -0.4 is 0 Å². The quantitative estimate of drug-likeness (QED) is 0.702. The Kier molecular flexibility index (Phi) is 6.05. The zero-order chi connectivity index (χ0) is 13.6. The normalized spacial score (nSPS) is 28.8. The van der Waals surface area contributed by atoms with Crippen molar-refractivity contribution < 1.29 is 19.7 Å². The van der Waals surface area contributed by atoms with Crippen molar-refractivity contribution in [1.29, 1.82) is 0 Å². The molecule has 0 spiro atoms. The average Bonchev–Trinajstić information content (AvgIpc) is 2.71. The van der Waals surface area contributed by atoms with E-state index in [4.69, 9.17) is 14.6 Å². The first-order chi connectivity index (χ1) is 8.47. The summed E-state index contributed by atoms with van der Waals surface area (Å²) in [6, 6.07) is 0. The number of hydrogen-bond acceptors (Lipinski definition) is 4. The smallest absolute Gasteiger partial charge is 0.158 e. The molecule has 0 aromatic carbocycles. The fraction of sp³-hybridized carbons (Fsp3) is 1.00. The molecule has 1 unspecified atom stereocenters.